The number of rotatable bonds is 2. The molecule has 2 aliphatic rings. The molecule has 2 rings (SSSR count). The van der Waals surface area contributed by atoms with Gasteiger partial charge in [0, 0.05) is 16.2 Å². The van der Waals surface area contributed by atoms with Crippen LogP contribution in [0, 0.1) is 6.92 Å². The van der Waals surface area contributed by atoms with Gasteiger partial charge < -0.3 is 0 Å². The van der Waals surface area contributed by atoms with Crippen LogP contribution in [0.15, 0.2) is 35.2 Å². The molecule has 0 aromatic rings. The standard InChI is InChI=1S/C14H15ClO2S/c1-9(2)11-4-6-12-10(3)8-14(18(15,16)17)13(12)7-5-11/h4-9H,1-3H3. The van der Waals surface area contributed by atoms with Crippen LogP contribution in [0.1, 0.15) is 30.9 Å². The van der Waals surface area contributed by atoms with Crippen LogP contribution in [0.3, 0.4) is 0 Å². The lowest BCUT2D eigenvalue weighted by atomic mass is 10.1. The van der Waals surface area contributed by atoms with E-state index in [1.165, 1.54) is 5.56 Å². The third kappa shape index (κ3) is 2.38. The quantitative estimate of drug-likeness (QED) is 0.776. The van der Waals surface area contributed by atoms with Gasteiger partial charge in [-0.1, -0.05) is 38.1 Å². The largest absolute Gasteiger partial charge is 0.261 e. The Hall–Kier alpha value is -1.06. The van der Waals surface area contributed by atoms with Crippen molar-refractivity contribution < 1.29 is 8.42 Å². The van der Waals surface area contributed by atoms with Gasteiger partial charge in [-0.05, 0) is 35.6 Å². The first-order valence-corrected chi connectivity index (χ1v) is 8.09. The average Bonchev–Trinajstić information content (AvgIpc) is 2.46. The highest BCUT2D eigenvalue weighted by atomic mass is 35.7. The van der Waals surface area contributed by atoms with E-state index < -0.39 is 9.05 Å². The highest BCUT2D eigenvalue weighted by Crippen LogP contribution is 2.36. The van der Waals surface area contributed by atoms with Crippen molar-refractivity contribution in [3.05, 3.63) is 41.5 Å². The predicted octanol–water partition coefficient (Wildman–Crippen LogP) is 4.15. The molecule has 0 unspecified atom stereocenters. The normalized spacial score (nSPS) is 12.3. The van der Waals surface area contributed by atoms with Crippen LogP contribution in [0.4, 0.5) is 0 Å². The topological polar surface area (TPSA) is 34.1 Å². The van der Waals surface area contributed by atoms with Gasteiger partial charge in [0.05, 0.1) is 4.90 Å². The molecule has 0 bridgehead atoms. The van der Waals surface area contributed by atoms with E-state index in [1.54, 1.807) is 6.07 Å². The monoisotopic (exact) mass is 282 g/mol. The van der Waals surface area contributed by atoms with Crippen molar-refractivity contribution in [1.82, 2.24) is 0 Å². The summed E-state index contributed by atoms with van der Waals surface area (Å²) in [5.74, 6) is 0.401. The van der Waals surface area contributed by atoms with E-state index in [1.807, 2.05) is 31.2 Å². The Morgan fingerprint density at radius 3 is 2.11 bits per heavy atom. The Kier molecular flexibility index (Phi) is 3.39. The third-order valence-electron chi connectivity index (χ3n) is 3.14. The van der Waals surface area contributed by atoms with Crippen molar-refractivity contribution in [2.75, 3.05) is 0 Å². The molecule has 4 heteroatoms. The Bertz CT molecular complexity index is 660. The molecule has 0 spiro atoms. The van der Waals surface area contributed by atoms with Crippen molar-refractivity contribution in [1.29, 1.82) is 0 Å². The van der Waals surface area contributed by atoms with Gasteiger partial charge >= 0.3 is 0 Å². The summed E-state index contributed by atoms with van der Waals surface area (Å²) >= 11 is 0. The second kappa shape index (κ2) is 4.56. The lowest BCUT2D eigenvalue weighted by Crippen LogP contribution is -1.88. The third-order valence-corrected chi connectivity index (χ3v) is 4.50. The van der Waals surface area contributed by atoms with Gasteiger partial charge in [-0.25, -0.2) is 8.42 Å². The van der Waals surface area contributed by atoms with E-state index in [-0.39, 0.29) is 4.90 Å². The van der Waals surface area contributed by atoms with Crippen molar-refractivity contribution >= 4 is 19.7 Å². The van der Waals surface area contributed by atoms with E-state index in [9.17, 15) is 8.42 Å². The highest BCUT2D eigenvalue weighted by molar-refractivity contribution is 8.13. The second-order valence-corrected chi connectivity index (χ2v) is 7.31. The number of fused-ring (bicyclic) bond motifs is 1. The summed E-state index contributed by atoms with van der Waals surface area (Å²) in [6.07, 6.45) is 0. The summed E-state index contributed by atoms with van der Waals surface area (Å²) in [7, 11) is 1.77. The van der Waals surface area contributed by atoms with Gasteiger partial charge in [0.1, 0.15) is 0 Å². The number of hydrogen-bond donors (Lipinski definition) is 0. The van der Waals surface area contributed by atoms with Gasteiger partial charge in [-0.3, -0.25) is 0 Å². The summed E-state index contributed by atoms with van der Waals surface area (Å²) in [6, 6.07) is 9.42. The molecule has 18 heavy (non-hydrogen) atoms. The molecule has 0 atom stereocenters. The van der Waals surface area contributed by atoms with E-state index >= 15 is 0 Å². The Morgan fingerprint density at radius 1 is 1.06 bits per heavy atom. The van der Waals surface area contributed by atoms with Crippen molar-refractivity contribution in [3.63, 3.8) is 0 Å². The van der Waals surface area contributed by atoms with E-state index in [2.05, 4.69) is 13.8 Å². The molecule has 0 amide bonds. The Balaban J connectivity index is 2.75. The zero-order valence-corrected chi connectivity index (χ0v) is 12.1. The van der Waals surface area contributed by atoms with E-state index in [4.69, 9.17) is 10.7 Å². The summed E-state index contributed by atoms with van der Waals surface area (Å²) < 4.78 is 23.1. The van der Waals surface area contributed by atoms with Gasteiger partial charge in [0.15, 0.2) is 0 Å². The predicted molar refractivity (Wildman–Crippen MR) is 74.9 cm³/mol. The zero-order valence-electron chi connectivity index (χ0n) is 10.6. The molecule has 2 nitrogen and oxygen atoms in total. The molecule has 0 heterocycles. The van der Waals surface area contributed by atoms with E-state index in [0.717, 1.165) is 11.1 Å². The molecule has 2 aliphatic carbocycles. The first-order valence-electron chi connectivity index (χ1n) is 5.78. The summed E-state index contributed by atoms with van der Waals surface area (Å²) in [5, 5.41) is 0. The molecule has 0 radical (unpaired) electrons. The zero-order chi connectivity index (χ0) is 13.5. The van der Waals surface area contributed by atoms with Crippen LogP contribution in [0.2, 0.25) is 0 Å². The lowest BCUT2D eigenvalue weighted by Gasteiger charge is -1.99. The van der Waals surface area contributed by atoms with Gasteiger partial charge in [0.25, 0.3) is 9.05 Å². The Morgan fingerprint density at radius 2 is 1.61 bits per heavy atom. The molecule has 0 N–H and O–H groups in total. The molecular formula is C14H15ClO2S. The molecule has 0 aliphatic heterocycles. The highest BCUT2D eigenvalue weighted by Gasteiger charge is 2.21. The van der Waals surface area contributed by atoms with Crippen molar-refractivity contribution in [3.8, 4) is 11.1 Å². The summed E-state index contributed by atoms with van der Waals surface area (Å²) in [5.41, 5.74) is 3.72. The number of halogens is 1. The summed E-state index contributed by atoms with van der Waals surface area (Å²) in [4.78, 5) is 0.197. The maximum atomic E-state index is 11.5. The van der Waals surface area contributed by atoms with Crippen LogP contribution < -0.4 is 0 Å². The van der Waals surface area contributed by atoms with Crippen LogP contribution >= 0.6 is 10.7 Å². The maximum Gasteiger partial charge on any atom is 0.261 e. The first-order chi connectivity index (χ1) is 8.30. The first kappa shape index (κ1) is 13.4. The van der Waals surface area contributed by atoms with Crippen molar-refractivity contribution in [2.24, 2.45) is 0 Å². The minimum Gasteiger partial charge on any atom is -0.207 e. The van der Waals surface area contributed by atoms with Gasteiger partial charge in [-0.15, -0.1) is 0 Å². The van der Waals surface area contributed by atoms with Crippen LogP contribution in [0.5, 0.6) is 0 Å². The minimum absolute atomic E-state index is 0.197. The molecule has 0 aromatic carbocycles. The lowest BCUT2D eigenvalue weighted by molar-refractivity contribution is 0.610. The fraction of sp³-hybridized carbons (Fsp3) is 0.286. The molecule has 0 saturated carbocycles. The number of aryl methyl sites for hydroxylation is 1. The van der Waals surface area contributed by atoms with Gasteiger partial charge in [0.2, 0.25) is 0 Å². The van der Waals surface area contributed by atoms with Crippen LogP contribution in [-0.2, 0) is 9.05 Å². The molecule has 96 valence electrons. The number of hydrogen-bond acceptors (Lipinski definition) is 2. The summed E-state index contributed by atoms with van der Waals surface area (Å²) in [6.45, 7) is 6.10. The van der Waals surface area contributed by atoms with Crippen molar-refractivity contribution in [2.45, 2.75) is 31.6 Å². The minimum atomic E-state index is -3.70. The molecule has 0 aromatic heterocycles. The fourth-order valence-electron chi connectivity index (χ4n) is 2.09. The van der Waals surface area contributed by atoms with Gasteiger partial charge in [-0.2, -0.15) is 0 Å². The maximum absolute atomic E-state index is 11.5. The average molecular weight is 283 g/mol. The fourth-order valence-corrected chi connectivity index (χ4v) is 3.23. The molecule has 0 saturated heterocycles. The molecular weight excluding hydrogens is 268 g/mol. The molecule has 0 fully saturated rings. The smallest absolute Gasteiger partial charge is 0.207 e. The Labute approximate surface area is 112 Å². The van der Waals surface area contributed by atoms with E-state index in [0.29, 0.717) is 11.5 Å². The van der Waals surface area contributed by atoms with Crippen LogP contribution in [-0.4, -0.2) is 8.42 Å². The van der Waals surface area contributed by atoms with Crippen LogP contribution in [0.25, 0.3) is 11.1 Å². The second-order valence-electron chi connectivity index (χ2n) is 4.78. The SMILES string of the molecule is Cc1cc(S(=O)(=O)Cl)c2ccc(C(C)C)ccc1-2.